The van der Waals surface area contributed by atoms with E-state index in [-0.39, 0.29) is 0 Å². The van der Waals surface area contributed by atoms with Crippen LogP contribution in [0.25, 0.3) is 0 Å². The van der Waals surface area contributed by atoms with E-state index in [9.17, 15) is 0 Å². The van der Waals surface area contributed by atoms with Crippen LogP contribution in [0.15, 0.2) is 0 Å². The molecule has 1 saturated heterocycles. The summed E-state index contributed by atoms with van der Waals surface area (Å²) >= 11 is 0. The molecule has 0 spiro atoms. The highest BCUT2D eigenvalue weighted by molar-refractivity contribution is 5.78. The van der Waals surface area contributed by atoms with Crippen LogP contribution in [0.4, 0.5) is 0 Å². The van der Waals surface area contributed by atoms with Crippen molar-refractivity contribution in [3.8, 4) is 0 Å². The molecular weight excluding hydrogens is 150 g/mol. The number of amidine groups is 1. The van der Waals surface area contributed by atoms with E-state index >= 15 is 0 Å². The molecule has 12 heavy (non-hydrogen) atoms. The Hall–Kier alpha value is -0.570. The lowest BCUT2D eigenvalue weighted by molar-refractivity contribution is 0.334. The lowest BCUT2D eigenvalue weighted by atomic mass is 9.95. The van der Waals surface area contributed by atoms with Gasteiger partial charge in [-0.1, -0.05) is 13.8 Å². The highest BCUT2D eigenvalue weighted by atomic mass is 15.2. The Morgan fingerprint density at radius 1 is 1.67 bits per heavy atom. The average Bonchev–Trinajstić information content (AvgIpc) is 2.34. The summed E-state index contributed by atoms with van der Waals surface area (Å²) in [5.74, 6) is 1.87. The van der Waals surface area contributed by atoms with Crippen molar-refractivity contribution in [2.75, 3.05) is 19.6 Å². The molecule has 70 valence electrons. The molecular formula is C9H19N3. The Morgan fingerprint density at radius 2 is 2.33 bits per heavy atom. The minimum atomic E-state index is 0.291. The maximum atomic E-state index is 7.17. The van der Waals surface area contributed by atoms with E-state index in [1.807, 2.05) is 0 Å². The molecule has 0 amide bonds. The topological polar surface area (TPSA) is 53.1 Å². The third kappa shape index (κ3) is 2.48. The fourth-order valence-corrected chi connectivity index (χ4v) is 1.79. The monoisotopic (exact) mass is 169 g/mol. The van der Waals surface area contributed by atoms with Gasteiger partial charge < -0.3 is 5.73 Å². The van der Waals surface area contributed by atoms with Gasteiger partial charge >= 0.3 is 0 Å². The summed E-state index contributed by atoms with van der Waals surface area (Å²) in [5, 5.41) is 7.17. The normalized spacial score (nSPS) is 25.1. The summed E-state index contributed by atoms with van der Waals surface area (Å²) in [4.78, 5) is 2.27. The molecule has 1 rings (SSSR count). The molecule has 0 aromatic heterocycles. The van der Waals surface area contributed by atoms with E-state index in [2.05, 4.69) is 18.7 Å². The molecule has 0 aromatic carbocycles. The molecule has 3 N–H and O–H groups in total. The molecule has 0 saturated carbocycles. The minimum absolute atomic E-state index is 0.291. The van der Waals surface area contributed by atoms with Crippen LogP contribution < -0.4 is 5.73 Å². The number of likely N-dealkylation sites (tertiary alicyclic amines) is 1. The quantitative estimate of drug-likeness (QED) is 0.487. The molecule has 0 radical (unpaired) electrons. The van der Waals surface area contributed by atoms with Crippen molar-refractivity contribution < 1.29 is 0 Å². The Morgan fingerprint density at radius 3 is 2.75 bits per heavy atom. The molecule has 1 heterocycles. The van der Waals surface area contributed by atoms with Crippen LogP contribution in [0, 0.1) is 17.2 Å². The van der Waals surface area contributed by atoms with Gasteiger partial charge in [-0.2, -0.15) is 0 Å². The third-order valence-corrected chi connectivity index (χ3v) is 2.65. The standard InChI is InChI=1S/C9H19N3/c1-7(2)8-3-4-12(5-8)6-9(10)11/h7-8H,3-6H2,1-2H3,(H3,10,11). The van der Waals surface area contributed by atoms with Gasteiger partial charge in [-0.05, 0) is 24.8 Å². The zero-order chi connectivity index (χ0) is 9.14. The van der Waals surface area contributed by atoms with E-state index in [0.717, 1.165) is 24.9 Å². The summed E-state index contributed by atoms with van der Waals surface area (Å²) < 4.78 is 0. The van der Waals surface area contributed by atoms with E-state index in [0.29, 0.717) is 12.4 Å². The van der Waals surface area contributed by atoms with Crippen LogP contribution >= 0.6 is 0 Å². The van der Waals surface area contributed by atoms with E-state index in [1.54, 1.807) is 0 Å². The van der Waals surface area contributed by atoms with Crippen LogP contribution in [0.5, 0.6) is 0 Å². The van der Waals surface area contributed by atoms with E-state index < -0.39 is 0 Å². The smallest absolute Gasteiger partial charge is 0.105 e. The zero-order valence-electron chi connectivity index (χ0n) is 8.01. The first-order chi connectivity index (χ1) is 5.59. The molecule has 1 fully saturated rings. The molecule has 0 bridgehead atoms. The number of hydrogen-bond donors (Lipinski definition) is 2. The van der Waals surface area contributed by atoms with Crippen molar-refractivity contribution in [1.29, 1.82) is 5.41 Å². The summed E-state index contributed by atoms with van der Waals surface area (Å²) in [6.07, 6.45) is 1.27. The van der Waals surface area contributed by atoms with Crippen molar-refractivity contribution in [3.05, 3.63) is 0 Å². The Kier molecular flexibility index (Phi) is 3.09. The molecule has 0 aromatic rings. The minimum Gasteiger partial charge on any atom is -0.387 e. The second-order valence-corrected chi connectivity index (χ2v) is 4.05. The van der Waals surface area contributed by atoms with Gasteiger partial charge in [0, 0.05) is 6.54 Å². The van der Waals surface area contributed by atoms with Gasteiger partial charge in [-0.15, -0.1) is 0 Å². The number of nitrogens with one attached hydrogen (secondary N) is 1. The van der Waals surface area contributed by atoms with Gasteiger partial charge in [0.05, 0.1) is 6.54 Å². The van der Waals surface area contributed by atoms with Gasteiger partial charge in [-0.25, -0.2) is 0 Å². The molecule has 1 atom stereocenters. The number of rotatable bonds is 3. The molecule has 1 aliphatic rings. The highest BCUT2D eigenvalue weighted by Gasteiger charge is 2.24. The molecule has 1 aliphatic heterocycles. The SMILES string of the molecule is CC(C)C1CCN(CC(=N)N)C1. The van der Waals surface area contributed by atoms with Crippen LogP contribution in [-0.2, 0) is 0 Å². The van der Waals surface area contributed by atoms with Crippen molar-refractivity contribution in [2.45, 2.75) is 20.3 Å². The fourth-order valence-electron chi connectivity index (χ4n) is 1.79. The van der Waals surface area contributed by atoms with Gasteiger partial charge in [0.25, 0.3) is 0 Å². The maximum absolute atomic E-state index is 7.17. The Bertz CT molecular complexity index is 165. The second kappa shape index (κ2) is 3.90. The lowest BCUT2D eigenvalue weighted by Crippen LogP contribution is -2.32. The zero-order valence-corrected chi connectivity index (χ0v) is 8.01. The molecule has 1 unspecified atom stereocenters. The third-order valence-electron chi connectivity index (χ3n) is 2.65. The number of nitrogens with zero attached hydrogens (tertiary/aromatic N) is 1. The first kappa shape index (κ1) is 9.52. The Labute approximate surface area is 74.4 Å². The second-order valence-electron chi connectivity index (χ2n) is 4.05. The summed E-state index contributed by atoms with van der Waals surface area (Å²) in [6, 6.07) is 0. The van der Waals surface area contributed by atoms with Gasteiger partial charge in [0.1, 0.15) is 5.84 Å². The van der Waals surface area contributed by atoms with Crippen molar-refractivity contribution in [2.24, 2.45) is 17.6 Å². The highest BCUT2D eigenvalue weighted by Crippen LogP contribution is 2.22. The molecule has 3 nitrogen and oxygen atoms in total. The predicted octanol–water partition coefficient (Wildman–Crippen LogP) is 0.900. The van der Waals surface area contributed by atoms with Crippen molar-refractivity contribution >= 4 is 5.84 Å². The lowest BCUT2D eigenvalue weighted by Gasteiger charge is -2.16. The van der Waals surface area contributed by atoms with E-state index in [4.69, 9.17) is 11.1 Å². The summed E-state index contributed by atoms with van der Waals surface area (Å²) in [6.45, 7) is 7.42. The van der Waals surface area contributed by atoms with Crippen LogP contribution in [0.3, 0.4) is 0 Å². The predicted molar refractivity (Wildman–Crippen MR) is 51.3 cm³/mol. The number of nitrogens with two attached hydrogens (primary N) is 1. The summed E-state index contributed by atoms with van der Waals surface area (Å²) in [5.41, 5.74) is 5.34. The molecule has 0 aliphatic carbocycles. The van der Waals surface area contributed by atoms with Gasteiger partial charge in [0.15, 0.2) is 0 Å². The van der Waals surface area contributed by atoms with Crippen LogP contribution in [0.1, 0.15) is 20.3 Å². The van der Waals surface area contributed by atoms with Crippen molar-refractivity contribution in [1.82, 2.24) is 4.90 Å². The van der Waals surface area contributed by atoms with Crippen molar-refractivity contribution in [3.63, 3.8) is 0 Å². The fraction of sp³-hybridized carbons (Fsp3) is 0.889. The Balaban J connectivity index is 2.30. The average molecular weight is 169 g/mol. The maximum Gasteiger partial charge on any atom is 0.105 e. The summed E-state index contributed by atoms with van der Waals surface area (Å²) in [7, 11) is 0. The van der Waals surface area contributed by atoms with Gasteiger partial charge in [0.2, 0.25) is 0 Å². The largest absolute Gasteiger partial charge is 0.387 e. The molecule has 3 heteroatoms. The first-order valence-corrected chi connectivity index (χ1v) is 4.65. The first-order valence-electron chi connectivity index (χ1n) is 4.65. The van der Waals surface area contributed by atoms with Crippen LogP contribution in [0.2, 0.25) is 0 Å². The number of hydrogen-bond acceptors (Lipinski definition) is 2. The van der Waals surface area contributed by atoms with Crippen LogP contribution in [-0.4, -0.2) is 30.4 Å². The van der Waals surface area contributed by atoms with E-state index in [1.165, 1.54) is 6.42 Å². The van der Waals surface area contributed by atoms with Gasteiger partial charge in [-0.3, -0.25) is 10.3 Å².